The van der Waals surface area contributed by atoms with Crippen molar-refractivity contribution in [2.75, 3.05) is 12.3 Å². The molecule has 0 aromatic heterocycles. The summed E-state index contributed by atoms with van der Waals surface area (Å²) < 4.78 is 44.2. The van der Waals surface area contributed by atoms with Gasteiger partial charge in [-0.15, -0.1) is 0 Å². The minimum atomic E-state index is -3.59. The van der Waals surface area contributed by atoms with Crippen molar-refractivity contribution < 1.29 is 22.7 Å². The van der Waals surface area contributed by atoms with Gasteiger partial charge in [0.2, 0.25) is 0 Å². The maximum Gasteiger partial charge on any atom is 0.309 e. The average Bonchev–Trinajstić information content (AvgIpc) is 2.19. The average molecular weight is 233 g/mol. The number of rotatable bonds is 3. The van der Waals surface area contributed by atoms with E-state index in [2.05, 4.69) is 4.74 Å². The summed E-state index contributed by atoms with van der Waals surface area (Å²) in [5, 5.41) is 0. The highest BCUT2D eigenvalue weighted by molar-refractivity contribution is 5.66. The zero-order chi connectivity index (χ0) is 12.3. The van der Waals surface area contributed by atoms with E-state index >= 15 is 0 Å². The summed E-state index contributed by atoms with van der Waals surface area (Å²) in [5.74, 6) is -5.64. The molecule has 1 aromatic carbocycles. The van der Waals surface area contributed by atoms with Crippen molar-refractivity contribution in [3.63, 3.8) is 0 Å². The molecule has 0 fully saturated rings. The Morgan fingerprint density at radius 1 is 1.50 bits per heavy atom. The molecule has 1 rings (SSSR count). The molecule has 0 aliphatic carbocycles. The van der Waals surface area contributed by atoms with Gasteiger partial charge >= 0.3 is 11.9 Å². The summed E-state index contributed by atoms with van der Waals surface area (Å²) in [5.41, 5.74) is 3.90. The lowest BCUT2D eigenvalue weighted by Gasteiger charge is -2.17. The zero-order valence-corrected chi connectivity index (χ0v) is 8.47. The second-order valence-electron chi connectivity index (χ2n) is 3.19. The zero-order valence-electron chi connectivity index (χ0n) is 8.47. The molecule has 0 spiro atoms. The Morgan fingerprint density at radius 3 is 2.69 bits per heavy atom. The molecule has 0 aliphatic rings. The molecule has 0 saturated carbocycles. The Hall–Kier alpha value is -1.72. The van der Waals surface area contributed by atoms with Gasteiger partial charge in [0.15, 0.2) is 12.4 Å². The molecule has 0 unspecified atom stereocenters. The van der Waals surface area contributed by atoms with Gasteiger partial charge in [-0.05, 0) is 12.1 Å². The van der Waals surface area contributed by atoms with E-state index in [0.29, 0.717) is 0 Å². The van der Waals surface area contributed by atoms with Gasteiger partial charge < -0.3 is 10.5 Å². The van der Waals surface area contributed by atoms with Crippen LogP contribution in [0.5, 0.6) is 0 Å². The maximum absolute atomic E-state index is 13.4. The third-order valence-corrected chi connectivity index (χ3v) is 1.88. The maximum atomic E-state index is 13.4. The monoisotopic (exact) mass is 233 g/mol. The molecule has 3 nitrogen and oxygen atoms in total. The number of alkyl halides is 2. The summed E-state index contributed by atoms with van der Waals surface area (Å²) in [7, 11) is 0. The van der Waals surface area contributed by atoms with Gasteiger partial charge in [-0.2, -0.15) is 8.78 Å². The van der Waals surface area contributed by atoms with Crippen molar-refractivity contribution in [1.82, 2.24) is 0 Å². The highest BCUT2D eigenvalue weighted by Crippen LogP contribution is 2.32. The summed E-state index contributed by atoms with van der Waals surface area (Å²) >= 11 is 0. The minimum absolute atomic E-state index is 0.375. The van der Waals surface area contributed by atoms with Crippen LogP contribution in [-0.4, -0.2) is 12.6 Å². The van der Waals surface area contributed by atoms with E-state index in [1.165, 1.54) is 12.1 Å². The number of nitrogen functional groups attached to an aromatic ring is 1. The number of hydrogen-bond acceptors (Lipinski definition) is 3. The molecule has 0 radical (unpaired) electrons. The minimum Gasteiger partial charge on any atom is -0.459 e. The third-order valence-electron chi connectivity index (χ3n) is 1.88. The van der Waals surface area contributed by atoms with Crippen molar-refractivity contribution in [3.8, 4) is 0 Å². The molecule has 1 aromatic rings. The summed E-state index contributed by atoms with van der Waals surface area (Å²) in [4.78, 5) is 10.4. The van der Waals surface area contributed by atoms with Crippen LogP contribution in [0.15, 0.2) is 18.2 Å². The lowest BCUT2D eigenvalue weighted by atomic mass is 10.1. The first-order chi connectivity index (χ1) is 7.34. The fraction of sp³-hybridized carbons (Fsp3) is 0.300. The Kier molecular flexibility index (Phi) is 3.41. The largest absolute Gasteiger partial charge is 0.459 e. The summed E-state index contributed by atoms with van der Waals surface area (Å²) in [6, 6.07) is 3.27. The second-order valence-corrected chi connectivity index (χ2v) is 3.19. The van der Waals surface area contributed by atoms with Crippen LogP contribution in [0.2, 0.25) is 0 Å². The quantitative estimate of drug-likeness (QED) is 0.642. The van der Waals surface area contributed by atoms with E-state index in [4.69, 9.17) is 5.73 Å². The van der Waals surface area contributed by atoms with Crippen LogP contribution in [0.4, 0.5) is 18.9 Å². The van der Waals surface area contributed by atoms with Gasteiger partial charge in [0.1, 0.15) is 0 Å². The third kappa shape index (κ3) is 2.65. The molecule has 0 heterocycles. The first kappa shape index (κ1) is 12.4. The number of ether oxygens (including phenoxy) is 1. The number of hydrogen-bond donors (Lipinski definition) is 1. The number of nitrogens with two attached hydrogens (primary N) is 1. The van der Waals surface area contributed by atoms with Crippen LogP contribution in [-0.2, 0) is 15.5 Å². The normalized spacial score (nSPS) is 11.2. The number of anilines is 1. The smallest absolute Gasteiger partial charge is 0.309 e. The predicted octanol–water partition coefficient (Wildman–Crippen LogP) is 2.06. The van der Waals surface area contributed by atoms with Gasteiger partial charge in [0.05, 0.1) is 11.3 Å². The highest BCUT2D eigenvalue weighted by Gasteiger charge is 2.36. The molecule has 0 saturated heterocycles. The summed E-state index contributed by atoms with van der Waals surface area (Å²) in [6.45, 7) is -0.214. The summed E-state index contributed by atoms with van der Waals surface area (Å²) in [6.07, 6.45) is 0. The standard InChI is InChI=1S/C10H10F3NO2/c1-6(15)16-5-10(12,13)7-3-2-4-8(14)9(7)11/h2-4H,5,14H2,1H3. The molecule has 88 valence electrons. The fourth-order valence-electron chi connectivity index (χ4n) is 1.10. The van der Waals surface area contributed by atoms with Crippen molar-refractivity contribution in [1.29, 1.82) is 0 Å². The van der Waals surface area contributed by atoms with Gasteiger partial charge in [-0.3, -0.25) is 4.79 Å². The number of esters is 1. The molecule has 0 bridgehead atoms. The van der Waals surface area contributed by atoms with E-state index in [1.54, 1.807) is 0 Å². The fourth-order valence-corrected chi connectivity index (χ4v) is 1.10. The van der Waals surface area contributed by atoms with E-state index in [1.807, 2.05) is 0 Å². The predicted molar refractivity (Wildman–Crippen MR) is 51.3 cm³/mol. The van der Waals surface area contributed by atoms with Gasteiger partial charge in [-0.25, -0.2) is 4.39 Å². The first-order valence-electron chi connectivity index (χ1n) is 4.40. The first-order valence-corrected chi connectivity index (χ1v) is 4.40. The van der Waals surface area contributed by atoms with Crippen molar-refractivity contribution in [2.45, 2.75) is 12.8 Å². The number of carbonyl (C=O) groups excluding carboxylic acids is 1. The lowest BCUT2D eigenvalue weighted by molar-refractivity contribution is -0.154. The second kappa shape index (κ2) is 4.42. The van der Waals surface area contributed by atoms with Crippen LogP contribution in [0.25, 0.3) is 0 Å². The van der Waals surface area contributed by atoms with Gasteiger partial charge in [0, 0.05) is 6.92 Å². The van der Waals surface area contributed by atoms with Crippen molar-refractivity contribution in [2.24, 2.45) is 0 Å². The van der Waals surface area contributed by atoms with Gasteiger partial charge in [-0.1, -0.05) is 6.07 Å². The van der Waals surface area contributed by atoms with E-state index in [9.17, 15) is 18.0 Å². The van der Waals surface area contributed by atoms with E-state index in [0.717, 1.165) is 13.0 Å². The Labute approximate surface area is 90.0 Å². The van der Waals surface area contributed by atoms with Crippen molar-refractivity contribution >= 4 is 11.7 Å². The molecule has 0 aliphatic heterocycles. The van der Waals surface area contributed by atoms with Crippen LogP contribution in [0, 0.1) is 5.82 Å². The number of benzene rings is 1. The van der Waals surface area contributed by atoms with E-state index in [-0.39, 0.29) is 5.69 Å². The molecular formula is C10H10F3NO2. The topological polar surface area (TPSA) is 52.3 Å². The molecule has 6 heteroatoms. The number of halogens is 3. The van der Waals surface area contributed by atoms with Crippen molar-refractivity contribution in [3.05, 3.63) is 29.6 Å². The SMILES string of the molecule is CC(=O)OCC(F)(F)c1cccc(N)c1F. The number of carbonyl (C=O) groups is 1. The Bertz CT molecular complexity index is 407. The van der Waals surface area contributed by atoms with Crippen LogP contribution >= 0.6 is 0 Å². The van der Waals surface area contributed by atoms with Crippen LogP contribution in [0.3, 0.4) is 0 Å². The highest BCUT2D eigenvalue weighted by atomic mass is 19.3. The molecular weight excluding hydrogens is 223 g/mol. The Balaban J connectivity index is 2.97. The van der Waals surface area contributed by atoms with Gasteiger partial charge in [0.25, 0.3) is 0 Å². The molecule has 0 atom stereocenters. The molecule has 0 amide bonds. The van der Waals surface area contributed by atoms with Crippen LogP contribution in [0.1, 0.15) is 12.5 Å². The lowest BCUT2D eigenvalue weighted by Crippen LogP contribution is -2.24. The Morgan fingerprint density at radius 2 is 2.12 bits per heavy atom. The molecule has 16 heavy (non-hydrogen) atoms. The molecule has 2 N–H and O–H groups in total. The van der Waals surface area contributed by atoms with E-state index < -0.39 is 29.9 Å². The van der Waals surface area contributed by atoms with Crippen LogP contribution < -0.4 is 5.73 Å².